The largest absolute Gasteiger partial charge is 0.354 e. The van der Waals surface area contributed by atoms with E-state index in [9.17, 15) is 0 Å². The average Bonchev–Trinajstić information content (AvgIpc) is 1.59. The molecular formula is C97H66N8. The van der Waals surface area contributed by atoms with E-state index in [-0.39, 0.29) is 0 Å². The Morgan fingerprint density at radius 3 is 0.638 bits per heavy atom. The van der Waals surface area contributed by atoms with E-state index in [2.05, 4.69) is 360 Å². The number of aryl methyl sites for hydroxylation is 2. The Morgan fingerprint density at radius 1 is 0.190 bits per heavy atom. The van der Waals surface area contributed by atoms with Crippen LogP contribution in [0.4, 0.5) is 0 Å². The quantitative estimate of drug-likeness (QED) is 0.109. The first-order chi connectivity index (χ1) is 52.0. The average molecular weight is 1340 g/mol. The van der Waals surface area contributed by atoms with Crippen molar-refractivity contribution in [1.82, 2.24) is 39.9 Å². The predicted molar refractivity (Wildman–Crippen MR) is 438 cm³/mol. The highest BCUT2D eigenvalue weighted by Gasteiger charge is 2.28. The van der Waals surface area contributed by atoms with Gasteiger partial charge in [-0.1, -0.05) is 255 Å². The molecule has 4 N–H and O–H groups in total. The summed E-state index contributed by atoms with van der Waals surface area (Å²) in [4.78, 5) is 39.7. The van der Waals surface area contributed by atoms with E-state index in [0.29, 0.717) is 0 Å². The SMILES string of the molecule is C1=Cc2nc1c(-c1ccccc1)c1ccc([nH]1)c(-c1ccccc1)c1nc(c(-c3ccccc3)c3[nH]c(cc3-c3cc4c(cc3-c3cc5[nH]c3c(-c3ccccc3)c3nc(c(-c6ccccc6)c6ccc([nH]6)c(-c6ccccc6)c6nc(c5-c5ccccc5)C=C6)C=C3)CCC4)c2-c2ccccc2)C=C1. The molecule has 0 amide bonds. The van der Waals surface area contributed by atoms with Crippen LogP contribution in [-0.2, 0) is 12.8 Å². The molecule has 8 nitrogen and oxygen atoms in total. The van der Waals surface area contributed by atoms with Crippen molar-refractivity contribution in [2.45, 2.75) is 19.3 Å². The summed E-state index contributed by atoms with van der Waals surface area (Å²) >= 11 is 0. The van der Waals surface area contributed by atoms with E-state index in [1.165, 1.54) is 11.1 Å². The van der Waals surface area contributed by atoms with E-state index in [1.807, 2.05) is 0 Å². The predicted octanol–water partition coefficient (Wildman–Crippen LogP) is 24.8. The molecule has 9 aromatic carbocycles. The second kappa shape index (κ2) is 25.7. The van der Waals surface area contributed by atoms with Crippen LogP contribution in [0.3, 0.4) is 0 Å². The van der Waals surface area contributed by atoms with Crippen molar-refractivity contribution in [3.05, 3.63) is 348 Å². The molecule has 0 saturated carbocycles. The van der Waals surface area contributed by atoms with Crippen molar-refractivity contribution in [3.8, 4) is 111 Å². The number of rotatable bonds is 10. The molecule has 0 spiro atoms. The number of fused-ring (bicyclic) bond motifs is 17. The first kappa shape index (κ1) is 61.1. The molecule has 4 aliphatic heterocycles. The molecule has 0 atom stereocenters. The summed E-state index contributed by atoms with van der Waals surface area (Å²) in [6, 6.07) is 104. The summed E-state index contributed by atoms with van der Waals surface area (Å²) in [5, 5.41) is 0. The highest BCUT2D eigenvalue weighted by molar-refractivity contribution is 6.11. The van der Waals surface area contributed by atoms with Crippen molar-refractivity contribution >= 4 is 92.7 Å². The second-order valence-corrected chi connectivity index (χ2v) is 27.3. The summed E-state index contributed by atoms with van der Waals surface area (Å²) in [5.41, 5.74) is 37.2. The third kappa shape index (κ3) is 10.9. The van der Waals surface area contributed by atoms with Crippen LogP contribution in [0.25, 0.3) is 204 Å². The Hall–Kier alpha value is -13.8. The number of hydrogen-bond acceptors (Lipinski definition) is 4. The zero-order chi connectivity index (χ0) is 69.3. The van der Waals surface area contributed by atoms with Gasteiger partial charge in [0.05, 0.1) is 56.6 Å². The van der Waals surface area contributed by atoms with Gasteiger partial charge in [0.1, 0.15) is 0 Å². The molecule has 1 aliphatic carbocycles. The molecule has 0 unspecified atom stereocenters. The lowest BCUT2D eigenvalue weighted by Gasteiger charge is -2.15. The zero-order valence-corrected chi connectivity index (χ0v) is 57.2. The van der Waals surface area contributed by atoms with Gasteiger partial charge in [-0.25, -0.2) is 19.9 Å². The van der Waals surface area contributed by atoms with Gasteiger partial charge in [0.25, 0.3) is 0 Å². The molecule has 0 saturated heterocycles. The molecule has 10 heterocycles. The molecule has 0 radical (unpaired) electrons. The number of H-pyrrole nitrogens is 4. The Kier molecular flexibility index (Phi) is 14.9. The Morgan fingerprint density at radius 2 is 0.400 bits per heavy atom. The minimum Gasteiger partial charge on any atom is -0.354 e. The lowest BCUT2D eigenvalue weighted by atomic mass is 9.88. The van der Waals surface area contributed by atoms with Crippen molar-refractivity contribution in [2.75, 3.05) is 0 Å². The van der Waals surface area contributed by atoms with E-state index in [4.69, 9.17) is 19.9 Å². The Labute approximate surface area is 607 Å². The van der Waals surface area contributed by atoms with Crippen molar-refractivity contribution in [3.63, 3.8) is 0 Å². The minimum absolute atomic E-state index is 0.831. The van der Waals surface area contributed by atoms with Crippen LogP contribution in [-0.4, -0.2) is 39.9 Å². The molecule has 8 heteroatoms. The first-order valence-electron chi connectivity index (χ1n) is 36.1. The highest BCUT2D eigenvalue weighted by Crippen LogP contribution is 2.49. The fraction of sp³-hybridized carbons (Fsp3) is 0.0309. The third-order valence-corrected chi connectivity index (χ3v) is 21.0. The minimum atomic E-state index is 0.831. The standard InChI is InChI=1S/C97H66N8/c1-9-26-60(27-10-1)88-74-44-46-76(98-74)90(62-30-13-3-14-31-62)80-52-54-84(102-80)94(66-38-21-7-22-39-66)96-72(58-86(104-96)92(64-34-17-5-18-35-64)82-50-48-78(88)100-82)70-56-68-42-25-43-69(68)57-71(70)73-59-87-93(65-36-19-6-20-37-65)83-51-49-79(101-83)89(61-28-11-2-12-29-61)75-45-47-77(99-75)91(63-32-15-4-16-33-63)81-53-55-85(103-81)95(97(73)105-87)67-40-23-8-24-41-67/h1-24,26-41,44-59,98-99,104-105H,25,42-43H2. The summed E-state index contributed by atoms with van der Waals surface area (Å²) in [7, 11) is 0. The molecule has 6 aromatic heterocycles. The number of benzene rings is 9. The van der Waals surface area contributed by atoms with Crippen LogP contribution >= 0.6 is 0 Å². The maximum Gasteiger partial charge on any atom is 0.0737 e. The van der Waals surface area contributed by atoms with E-state index >= 15 is 0 Å². The Balaban J connectivity index is 0.975. The number of aromatic nitrogens is 8. The summed E-state index contributed by atoms with van der Waals surface area (Å²) in [5.74, 6) is 0. The maximum absolute atomic E-state index is 5.85. The highest BCUT2D eigenvalue weighted by atomic mass is 14.8. The van der Waals surface area contributed by atoms with Crippen molar-refractivity contribution in [1.29, 1.82) is 0 Å². The van der Waals surface area contributed by atoms with Crippen LogP contribution in [0, 0.1) is 0 Å². The van der Waals surface area contributed by atoms with E-state index < -0.39 is 0 Å². The summed E-state index contributed by atoms with van der Waals surface area (Å²) < 4.78 is 0. The van der Waals surface area contributed by atoms with E-state index in [1.54, 1.807) is 0 Å². The third-order valence-electron chi connectivity index (χ3n) is 21.0. The van der Waals surface area contributed by atoms with Gasteiger partial charge >= 0.3 is 0 Å². The first-order valence-corrected chi connectivity index (χ1v) is 36.1. The fourth-order valence-corrected chi connectivity index (χ4v) is 16.3. The van der Waals surface area contributed by atoms with Crippen molar-refractivity contribution < 1.29 is 0 Å². The van der Waals surface area contributed by atoms with Gasteiger partial charge in [-0.2, -0.15) is 0 Å². The number of aromatic amines is 4. The molecule has 105 heavy (non-hydrogen) atoms. The summed E-state index contributed by atoms with van der Waals surface area (Å²) in [6.07, 6.45) is 20.5. The number of nitrogens with one attached hydrogen (secondary N) is 4. The van der Waals surface area contributed by atoms with Gasteiger partial charge in [0.2, 0.25) is 0 Å². The van der Waals surface area contributed by atoms with Crippen LogP contribution < -0.4 is 0 Å². The van der Waals surface area contributed by atoms with Gasteiger partial charge in [0.15, 0.2) is 0 Å². The van der Waals surface area contributed by atoms with Gasteiger partial charge in [-0.15, -0.1) is 0 Å². The topological polar surface area (TPSA) is 115 Å². The van der Waals surface area contributed by atoms with Gasteiger partial charge in [-0.05, 0) is 171 Å². The molecule has 16 bridgehead atoms. The fourth-order valence-electron chi connectivity index (χ4n) is 16.3. The van der Waals surface area contributed by atoms with Gasteiger partial charge in [0, 0.05) is 88.7 Å². The molecule has 494 valence electrons. The smallest absolute Gasteiger partial charge is 0.0737 e. The molecule has 15 aromatic rings. The molecular weight excluding hydrogens is 1280 g/mol. The monoisotopic (exact) mass is 1340 g/mol. The lowest BCUT2D eigenvalue weighted by Crippen LogP contribution is -1.93. The van der Waals surface area contributed by atoms with Gasteiger partial charge < -0.3 is 19.9 Å². The van der Waals surface area contributed by atoms with Gasteiger partial charge in [-0.3, -0.25) is 0 Å². The zero-order valence-electron chi connectivity index (χ0n) is 57.2. The summed E-state index contributed by atoms with van der Waals surface area (Å²) in [6.45, 7) is 0. The van der Waals surface area contributed by atoms with Crippen LogP contribution in [0.1, 0.15) is 63.1 Å². The van der Waals surface area contributed by atoms with Crippen LogP contribution in [0.5, 0.6) is 0 Å². The second-order valence-electron chi connectivity index (χ2n) is 27.3. The van der Waals surface area contributed by atoms with Crippen molar-refractivity contribution in [2.24, 2.45) is 0 Å². The van der Waals surface area contributed by atoms with E-state index in [0.717, 1.165) is 220 Å². The van der Waals surface area contributed by atoms with Crippen LogP contribution in [0.2, 0.25) is 0 Å². The maximum atomic E-state index is 5.85. The normalized spacial score (nSPS) is 12.7. The Bertz CT molecular complexity index is 6080. The van der Waals surface area contributed by atoms with Crippen LogP contribution in [0.15, 0.2) is 291 Å². The number of nitrogens with zero attached hydrogens (tertiary/aromatic N) is 4. The molecule has 5 aliphatic rings. The lowest BCUT2D eigenvalue weighted by molar-refractivity contribution is 0.912. The molecule has 20 rings (SSSR count). The molecule has 0 fully saturated rings. The number of hydrogen-bond donors (Lipinski definition) is 4.